The molecule has 4 heterocycles. The molecule has 14 rings (SSSR count). The van der Waals surface area contributed by atoms with Crippen molar-refractivity contribution in [1.29, 1.82) is 15.8 Å². The fourth-order valence-electron chi connectivity index (χ4n) is 12.9. The molecule has 0 N–H and O–H groups in total. The van der Waals surface area contributed by atoms with Crippen LogP contribution in [0.25, 0.3) is 28.1 Å². The Balaban J connectivity index is 0.000000181. The number of para-hydroxylation sites is 1. The van der Waals surface area contributed by atoms with Gasteiger partial charge in [-0.25, -0.2) is 31.3 Å². The van der Waals surface area contributed by atoms with Crippen LogP contribution in [-0.2, 0) is 82.0 Å². The lowest BCUT2D eigenvalue weighted by Crippen LogP contribution is -2.32. The number of nitrogens with zero attached hydrogens (tertiary/aromatic N) is 16. The number of rotatable bonds is 24. The highest BCUT2D eigenvalue weighted by Crippen LogP contribution is 2.38. The zero-order valence-corrected chi connectivity index (χ0v) is 65.6. The molecule has 0 aliphatic heterocycles. The average Bonchev–Trinajstić information content (AvgIpc) is 0.826. The Hall–Kier alpha value is -15.2. The standard InChI is InChI=1S/C33H25F4N5O.C30H20F6N6O.C29H25F2N5O.CH4/c1-33(36,37)28-7-3-5-25(15-28)24-4-2-6-26(14-24)32(43)41(19-27-12-13-29(34)16-30(27)35)20-31-40-39-21-42(31)18-23-10-8-22(17-38)9-11-23;31-29(32,33)23-11-21(12-24(13-23)30(34,35)36)16-41(28(43)26-10-9-22-3-1-2-4-25(22)39-26)17-27-40-38-18-42(27)15-20-7-5-19(14-37)6-8-20;1-20-3-4-21(2)24(13-20)10-12-29(37)35(17-25-9-11-26(30)14-27(25)31)18-28-34-33-19-36(28)16-23-7-5-22(15-32)6-8-23;/h2-16,21H,18-20H2,1H3;1-13,18H,15-17H2;3-14,19H,16-18H2,1-2H3;1H4/b;;12-10+;. The molecule has 0 aliphatic rings. The van der Waals surface area contributed by atoms with Gasteiger partial charge in [-0.3, -0.25) is 14.4 Å². The number of pyridine rings is 1. The quantitative estimate of drug-likeness (QED) is 0.0405. The van der Waals surface area contributed by atoms with Gasteiger partial charge in [0.1, 0.15) is 47.9 Å². The van der Waals surface area contributed by atoms with Crippen LogP contribution in [-0.4, -0.2) is 81.7 Å². The Morgan fingerprint density at radius 2 is 0.895 bits per heavy atom. The third-order valence-corrected chi connectivity index (χ3v) is 19.5. The minimum absolute atomic E-state index is 0. The number of hydrogen-bond acceptors (Lipinski definition) is 13. The summed E-state index contributed by atoms with van der Waals surface area (Å²) in [5.74, 6) is -6.41. The number of aryl methyl sites for hydroxylation is 2. The van der Waals surface area contributed by atoms with E-state index in [0.29, 0.717) is 70.2 Å². The van der Waals surface area contributed by atoms with Crippen molar-refractivity contribution in [1.82, 2.24) is 64.0 Å². The van der Waals surface area contributed by atoms with E-state index in [9.17, 15) is 67.1 Å². The summed E-state index contributed by atoms with van der Waals surface area (Å²) in [4.78, 5) is 49.2. The molecule has 0 aliphatic carbocycles. The fraction of sp³-hybridized carbons (Fsp3) is 0.172. The average molecular weight is 1690 g/mol. The molecule has 124 heavy (non-hydrogen) atoms. The predicted molar refractivity (Wildman–Crippen MR) is 436 cm³/mol. The molecule has 0 unspecified atom stereocenters. The van der Waals surface area contributed by atoms with Gasteiger partial charge in [-0.2, -0.15) is 42.1 Å². The van der Waals surface area contributed by atoms with Crippen molar-refractivity contribution in [3.63, 3.8) is 0 Å². The van der Waals surface area contributed by atoms with Crippen LogP contribution in [0.4, 0.5) is 52.7 Å². The Bertz CT molecular complexity index is 6290. The number of carbonyl (C=O) groups excluding carboxylic acids is 3. The van der Waals surface area contributed by atoms with Crippen LogP contribution in [0.15, 0.2) is 256 Å². The number of halogens is 12. The predicted octanol–water partition coefficient (Wildman–Crippen LogP) is 19.7. The van der Waals surface area contributed by atoms with Gasteiger partial charge in [-0.05, 0) is 161 Å². The second kappa shape index (κ2) is 39.8. The van der Waals surface area contributed by atoms with Gasteiger partial charge in [-0.1, -0.05) is 134 Å². The first kappa shape index (κ1) is 89.6. The number of hydrogen-bond donors (Lipinski definition) is 0. The van der Waals surface area contributed by atoms with E-state index < -0.39 is 71.0 Å². The van der Waals surface area contributed by atoms with Crippen molar-refractivity contribution < 1.29 is 67.1 Å². The molecule has 4 aromatic heterocycles. The Morgan fingerprint density at radius 3 is 1.37 bits per heavy atom. The van der Waals surface area contributed by atoms with E-state index in [-0.39, 0.29) is 98.0 Å². The van der Waals surface area contributed by atoms with Gasteiger partial charge < -0.3 is 28.4 Å². The lowest BCUT2D eigenvalue weighted by molar-refractivity contribution is -0.143. The smallest absolute Gasteiger partial charge is 0.327 e. The first-order valence-corrected chi connectivity index (χ1v) is 37.6. The summed E-state index contributed by atoms with van der Waals surface area (Å²) in [6, 6.07) is 63.1. The van der Waals surface area contributed by atoms with Crippen LogP contribution in [0.5, 0.6) is 0 Å². The molecule has 628 valence electrons. The number of benzene rings is 10. The summed E-state index contributed by atoms with van der Waals surface area (Å²) in [6.45, 7) is 4.58. The van der Waals surface area contributed by atoms with Crippen molar-refractivity contribution in [3.05, 3.63) is 391 Å². The molecule has 14 aromatic rings. The Labute approximate surface area is 704 Å². The van der Waals surface area contributed by atoms with Gasteiger partial charge in [0.25, 0.3) is 17.7 Å². The van der Waals surface area contributed by atoms with Crippen LogP contribution < -0.4 is 0 Å². The summed E-state index contributed by atoms with van der Waals surface area (Å²) < 4.78 is 171. The number of alkyl halides is 8. The first-order valence-electron chi connectivity index (χ1n) is 37.6. The van der Waals surface area contributed by atoms with E-state index in [4.69, 9.17) is 15.8 Å². The van der Waals surface area contributed by atoms with Gasteiger partial charge in [-0.15, -0.1) is 30.6 Å². The van der Waals surface area contributed by atoms with Gasteiger partial charge in [0.05, 0.1) is 90.8 Å². The molecule has 31 heteroatoms. The molecule has 0 saturated heterocycles. The lowest BCUT2D eigenvalue weighted by Gasteiger charge is -2.24. The van der Waals surface area contributed by atoms with Crippen molar-refractivity contribution in [3.8, 4) is 29.3 Å². The van der Waals surface area contributed by atoms with E-state index in [2.05, 4.69) is 47.7 Å². The second-order valence-electron chi connectivity index (χ2n) is 28.6. The van der Waals surface area contributed by atoms with Gasteiger partial charge in [0, 0.05) is 72.4 Å². The van der Waals surface area contributed by atoms with E-state index in [0.717, 1.165) is 68.8 Å². The zero-order valence-electron chi connectivity index (χ0n) is 65.6. The maximum Gasteiger partial charge on any atom is 0.416 e. The molecule has 0 fully saturated rings. The Kier molecular flexibility index (Phi) is 28.8. The summed E-state index contributed by atoms with van der Waals surface area (Å²) in [6.07, 6.45) is -2.47. The molecule has 3 amide bonds. The molecular formula is C93H74F12N16O3. The van der Waals surface area contributed by atoms with Crippen LogP contribution in [0.1, 0.15) is 136 Å². The van der Waals surface area contributed by atoms with E-state index in [1.807, 2.05) is 50.2 Å². The largest absolute Gasteiger partial charge is 0.416 e. The highest BCUT2D eigenvalue weighted by atomic mass is 19.4. The fourth-order valence-corrected chi connectivity index (χ4v) is 12.9. The van der Waals surface area contributed by atoms with Gasteiger partial charge in [0.2, 0.25) is 5.91 Å². The minimum Gasteiger partial charge on any atom is -0.327 e. The molecule has 0 atom stereocenters. The normalized spacial score (nSPS) is 11.3. The monoisotopic (exact) mass is 1690 g/mol. The van der Waals surface area contributed by atoms with Crippen LogP contribution >= 0.6 is 0 Å². The minimum atomic E-state index is -5.05. The SMILES string of the molecule is C.CC(F)(F)c1cccc(-c2cccc(C(=O)N(Cc3ccc(F)cc3F)Cc3nncn3Cc3ccc(C#N)cc3)c2)c1.Cc1ccc(C)c(/C=C/C(=O)N(Cc2ccc(F)cc2F)Cc2nncn2Cc2ccc(C#N)cc2)c1.N#Cc1ccc(Cn2cnnc2CN(Cc2cc(C(F)(F)F)cc(C(F)(F)F)c2)C(=O)c2ccc3ccccc3n2)cc1. The molecule has 10 aromatic carbocycles. The van der Waals surface area contributed by atoms with Crippen molar-refractivity contribution in [2.75, 3.05) is 0 Å². The van der Waals surface area contributed by atoms with Gasteiger partial charge in [0.15, 0.2) is 17.5 Å². The van der Waals surface area contributed by atoms with Crippen molar-refractivity contribution in [2.24, 2.45) is 0 Å². The second-order valence-corrected chi connectivity index (χ2v) is 28.6. The van der Waals surface area contributed by atoms with Crippen molar-refractivity contribution >= 4 is 34.7 Å². The summed E-state index contributed by atoms with van der Waals surface area (Å²) in [5, 5.41) is 52.1. The molecule has 0 radical (unpaired) electrons. The number of fused-ring (bicyclic) bond motifs is 1. The highest BCUT2D eigenvalue weighted by molar-refractivity contribution is 5.96. The summed E-state index contributed by atoms with van der Waals surface area (Å²) >= 11 is 0. The number of carbonyl (C=O) groups is 3. The van der Waals surface area contributed by atoms with Crippen LogP contribution in [0.2, 0.25) is 0 Å². The molecular weight excluding hydrogens is 1620 g/mol. The van der Waals surface area contributed by atoms with Crippen LogP contribution in [0, 0.1) is 71.1 Å². The number of nitriles is 3. The Morgan fingerprint density at radius 1 is 0.435 bits per heavy atom. The first-order chi connectivity index (χ1) is 58.8. The van der Waals surface area contributed by atoms with Gasteiger partial charge >= 0.3 is 12.4 Å². The molecule has 0 spiro atoms. The number of aromatic nitrogens is 10. The highest BCUT2D eigenvalue weighted by Gasteiger charge is 2.38. The van der Waals surface area contributed by atoms with Crippen molar-refractivity contribution in [2.45, 2.75) is 105 Å². The van der Waals surface area contributed by atoms with E-state index in [1.165, 1.54) is 71.0 Å². The molecule has 19 nitrogen and oxygen atoms in total. The lowest BCUT2D eigenvalue weighted by atomic mass is 9.99. The summed E-state index contributed by atoms with van der Waals surface area (Å²) in [5.41, 5.74) is 5.59. The maximum absolute atomic E-state index is 14.7. The summed E-state index contributed by atoms with van der Waals surface area (Å²) in [7, 11) is 0. The molecule has 0 saturated carbocycles. The molecule has 0 bridgehead atoms. The third-order valence-electron chi connectivity index (χ3n) is 19.5. The third kappa shape index (κ3) is 23.7. The zero-order chi connectivity index (χ0) is 87.7. The topological polar surface area (TPSA) is 237 Å². The van der Waals surface area contributed by atoms with E-state index >= 15 is 0 Å². The van der Waals surface area contributed by atoms with E-state index in [1.54, 1.807) is 147 Å². The van der Waals surface area contributed by atoms with Crippen LogP contribution in [0.3, 0.4) is 0 Å². The number of amides is 3. The maximum atomic E-state index is 14.7.